The second-order valence-electron chi connectivity index (χ2n) is 10.9. The molecule has 2 aliphatic heterocycles. The maximum atomic E-state index is 12.8. The van der Waals surface area contributed by atoms with Crippen molar-refractivity contribution in [3.63, 3.8) is 0 Å². The molecule has 2 aliphatic rings. The summed E-state index contributed by atoms with van der Waals surface area (Å²) in [6.45, 7) is 3.86. The van der Waals surface area contributed by atoms with Crippen LogP contribution in [0.15, 0.2) is 0 Å². The minimum absolute atomic E-state index is 0. The summed E-state index contributed by atoms with van der Waals surface area (Å²) < 4.78 is 16.6. The summed E-state index contributed by atoms with van der Waals surface area (Å²) in [7, 11) is 0. The zero-order valence-corrected chi connectivity index (χ0v) is 27.0. The maximum absolute atomic E-state index is 12.8. The van der Waals surface area contributed by atoms with E-state index in [4.69, 9.17) is 14.2 Å². The van der Waals surface area contributed by atoms with Crippen LogP contribution in [0.2, 0.25) is 0 Å². The van der Waals surface area contributed by atoms with Gasteiger partial charge in [-0.1, -0.05) is 0 Å². The molecule has 47 heavy (non-hydrogen) atoms. The van der Waals surface area contributed by atoms with Gasteiger partial charge < -0.3 is 88.3 Å². The van der Waals surface area contributed by atoms with Crippen LogP contribution in [0.3, 0.4) is 0 Å². The van der Waals surface area contributed by atoms with Crippen LogP contribution in [0.5, 0.6) is 0 Å². The van der Waals surface area contributed by atoms with E-state index in [0.29, 0.717) is 0 Å². The van der Waals surface area contributed by atoms with E-state index in [0.717, 1.165) is 0 Å². The minimum atomic E-state index is -1.75. The normalized spacial score (nSPS) is 24.4. The number of carboxylic acids is 3. The lowest BCUT2D eigenvalue weighted by molar-refractivity contribution is -0.438. The van der Waals surface area contributed by atoms with Crippen molar-refractivity contribution in [2.75, 3.05) is 6.61 Å². The lowest BCUT2D eigenvalue weighted by Gasteiger charge is -2.39. The highest BCUT2D eigenvalue weighted by Crippen LogP contribution is 2.30. The molecule has 2 bridgehead atoms. The molecule has 21 nitrogen and oxygen atoms in total. The van der Waals surface area contributed by atoms with Crippen molar-refractivity contribution >= 4 is 41.5 Å². The van der Waals surface area contributed by atoms with Gasteiger partial charge in [0.25, 0.3) is 0 Å². The SMILES string of the molecule is CC(=O)N[C@H]1[C@H]2OC[C@@H](O2)[C@@H](O)[C@@H]1O[C@H](C)C(=O)N[C@@H](C)C(=O)N[C@H](CCC(=O)N[C@@H](CCC[C@@H]([NH3+])C(=O)[O-])C(=O)[O-])C(=O)[O-].[NH4+].[NH4+]. The van der Waals surface area contributed by atoms with E-state index < -0.39 is 115 Å². The number of carboxylic acid groups (broad SMARTS) is 3. The summed E-state index contributed by atoms with van der Waals surface area (Å²) in [5, 5.41) is 53.5. The maximum Gasteiger partial charge on any atom is 0.249 e. The largest absolute Gasteiger partial charge is 0.548 e. The Morgan fingerprint density at radius 1 is 0.894 bits per heavy atom. The van der Waals surface area contributed by atoms with Gasteiger partial charge in [-0.25, -0.2) is 0 Å². The molecule has 0 aromatic heterocycles. The number of aliphatic hydroxyl groups is 1. The highest BCUT2D eigenvalue weighted by atomic mass is 16.7. The molecule has 2 fully saturated rings. The quantitative estimate of drug-likeness (QED) is 0.0666. The second-order valence-corrected chi connectivity index (χ2v) is 10.9. The summed E-state index contributed by atoms with van der Waals surface area (Å²) in [4.78, 5) is 83.0. The Morgan fingerprint density at radius 3 is 2.04 bits per heavy atom. The van der Waals surface area contributed by atoms with Crippen LogP contribution in [-0.2, 0) is 47.8 Å². The third-order valence-electron chi connectivity index (χ3n) is 7.21. The Labute approximate surface area is 269 Å². The highest BCUT2D eigenvalue weighted by Gasteiger charge is 2.52. The number of nitrogens with one attached hydrogen (secondary N) is 4. The smallest absolute Gasteiger partial charge is 0.249 e. The Kier molecular flexibility index (Phi) is 18.0. The summed E-state index contributed by atoms with van der Waals surface area (Å²) in [5.41, 5.74) is 3.34. The van der Waals surface area contributed by atoms with E-state index in [9.17, 15) is 54.0 Å². The number of carbonyl (C=O) groups is 7. The number of quaternary nitrogens is 3. The zero-order valence-electron chi connectivity index (χ0n) is 27.0. The molecule has 4 amide bonds. The van der Waals surface area contributed by atoms with E-state index in [1.165, 1.54) is 20.8 Å². The molecule has 0 aliphatic carbocycles. The van der Waals surface area contributed by atoms with Crippen molar-refractivity contribution < 1.29 is 73.9 Å². The first kappa shape index (κ1) is 43.0. The van der Waals surface area contributed by atoms with E-state index in [1.54, 1.807) is 0 Å². The second kappa shape index (κ2) is 19.6. The number of aliphatic hydroxyl groups excluding tert-OH is 1. The lowest BCUT2D eigenvalue weighted by Crippen LogP contribution is -2.68. The van der Waals surface area contributed by atoms with Gasteiger partial charge in [-0.15, -0.1) is 0 Å². The van der Waals surface area contributed by atoms with Crippen LogP contribution in [0.1, 0.15) is 52.9 Å². The fraction of sp³-hybridized carbons (Fsp3) is 0.731. The van der Waals surface area contributed by atoms with Crippen LogP contribution in [0.4, 0.5) is 0 Å². The molecular weight excluding hydrogens is 634 g/mol. The van der Waals surface area contributed by atoms with Crippen LogP contribution in [0, 0.1) is 0 Å². The summed E-state index contributed by atoms with van der Waals surface area (Å²) in [6, 6.07) is -6.50. The van der Waals surface area contributed by atoms with Crippen molar-refractivity contribution in [2.45, 2.75) is 114 Å². The van der Waals surface area contributed by atoms with E-state index >= 15 is 0 Å². The van der Waals surface area contributed by atoms with Gasteiger partial charge in [0.15, 0.2) is 6.29 Å². The van der Waals surface area contributed by atoms with Gasteiger partial charge in [0, 0.05) is 19.8 Å². The molecule has 16 N–H and O–H groups in total. The van der Waals surface area contributed by atoms with Gasteiger partial charge in [0.2, 0.25) is 23.6 Å². The van der Waals surface area contributed by atoms with E-state index in [2.05, 4.69) is 27.0 Å². The molecule has 2 saturated heterocycles. The first-order chi connectivity index (χ1) is 21.0. The highest BCUT2D eigenvalue weighted by molar-refractivity contribution is 5.91. The first-order valence-corrected chi connectivity index (χ1v) is 14.2. The summed E-state index contributed by atoms with van der Waals surface area (Å²) in [5.74, 6) is -7.91. The number of fused-ring (bicyclic) bond motifs is 2. The molecular formula is C26H47N7O14. The molecule has 0 aromatic rings. The van der Waals surface area contributed by atoms with Gasteiger partial charge in [-0.3, -0.25) is 19.2 Å². The topological polar surface area (TPSA) is 385 Å². The fourth-order valence-electron chi connectivity index (χ4n) is 4.65. The first-order valence-electron chi connectivity index (χ1n) is 14.2. The molecule has 0 spiro atoms. The number of hydrogen-bond donors (Lipinski definition) is 8. The summed E-state index contributed by atoms with van der Waals surface area (Å²) in [6.07, 6.45) is -6.43. The van der Waals surface area contributed by atoms with E-state index in [-0.39, 0.29) is 38.2 Å². The molecule has 0 aromatic carbocycles. The predicted octanol–water partition coefficient (Wildman–Crippen LogP) is -7.58. The third-order valence-corrected chi connectivity index (χ3v) is 7.21. The molecule has 0 radical (unpaired) electrons. The number of carbonyl (C=O) groups excluding carboxylic acids is 7. The lowest BCUT2D eigenvalue weighted by atomic mass is 9.98. The Hall–Kier alpha value is -3.99. The van der Waals surface area contributed by atoms with Crippen molar-refractivity contribution in [2.24, 2.45) is 0 Å². The number of ether oxygens (including phenoxy) is 3. The third kappa shape index (κ3) is 13.0. The number of rotatable bonds is 18. The van der Waals surface area contributed by atoms with Gasteiger partial charge in [-0.05, 0) is 33.1 Å². The van der Waals surface area contributed by atoms with Gasteiger partial charge in [0.1, 0.15) is 42.5 Å². The number of amides is 4. The predicted molar refractivity (Wildman–Crippen MR) is 151 cm³/mol. The Balaban J connectivity index is 0.0000106. The summed E-state index contributed by atoms with van der Waals surface area (Å²) >= 11 is 0. The Morgan fingerprint density at radius 2 is 1.49 bits per heavy atom. The number of hydrogen-bond acceptors (Lipinski definition) is 14. The average Bonchev–Trinajstić information content (AvgIpc) is 3.41. The van der Waals surface area contributed by atoms with Crippen molar-refractivity contribution in [1.29, 1.82) is 0 Å². The van der Waals surface area contributed by atoms with E-state index in [1.807, 2.05) is 0 Å². The molecule has 2 heterocycles. The molecule has 2 rings (SSSR count). The minimum Gasteiger partial charge on any atom is -0.548 e. The molecule has 0 unspecified atom stereocenters. The molecule has 21 heteroatoms. The van der Waals surface area contributed by atoms with Gasteiger partial charge in [0.05, 0.1) is 36.6 Å². The van der Waals surface area contributed by atoms with Gasteiger partial charge >= 0.3 is 0 Å². The van der Waals surface area contributed by atoms with Crippen LogP contribution < -0.4 is 54.6 Å². The standard InChI is InChI=1S/C26H41N5O14.2H3N/c1-10(28-22(36)11(2)44-20-18(29-12(3)32)26-43-9-16(45-26)19(20)34)21(35)31-15(25(41)42)7-8-17(33)30-14(24(39)40)6-4-5-13(27)23(37)38;;/h10-11,13-16,18-20,26,34H,4-9,27H2,1-3H3,(H,28,36)(H,29,32)(H,30,33)(H,31,35)(H,37,38)(H,39,40)(H,41,42);2*1H3/t10-,11+,13+,14-,15+,16+,18+,19+,20+,26-;;/m0../s1. The molecule has 10 atom stereocenters. The van der Waals surface area contributed by atoms with Crippen molar-refractivity contribution in [1.82, 2.24) is 33.6 Å². The molecule has 0 saturated carbocycles. The fourth-order valence-corrected chi connectivity index (χ4v) is 4.65. The van der Waals surface area contributed by atoms with Crippen LogP contribution in [-0.4, -0.2) is 114 Å². The van der Waals surface area contributed by atoms with Crippen molar-refractivity contribution in [3.05, 3.63) is 0 Å². The molecule has 270 valence electrons. The Bertz CT molecular complexity index is 1130. The zero-order chi connectivity index (χ0) is 34.0. The monoisotopic (exact) mass is 681 g/mol. The van der Waals surface area contributed by atoms with Gasteiger partial charge in [-0.2, -0.15) is 0 Å². The van der Waals surface area contributed by atoms with Crippen LogP contribution >= 0.6 is 0 Å². The van der Waals surface area contributed by atoms with Crippen molar-refractivity contribution in [3.8, 4) is 0 Å². The number of aliphatic carboxylic acids is 3. The average molecular weight is 682 g/mol. The van der Waals surface area contributed by atoms with Crippen LogP contribution in [0.25, 0.3) is 0 Å².